The third kappa shape index (κ3) is 7.21. The summed E-state index contributed by atoms with van der Waals surface area (Å²) in [6, 6.07) is 3.62. The number of carbonyl (C=O) groups excluding carboxylic acids is 2. The molecule has 0 radical (unpaired) electrons. The molecular weight excluding hydrogens is 411 g/mol. The zero-order valence-electron chi connectivity index (χ0n) is 17.3. The lowest BCUT2D eigenvalue weighted by Gasteiger charge is -2.21. The van der Waals surface area contributed by atoms with Gasteiger partial charge in [-0.3, -0.25) is 9.59 Å². The maximum Gasteiger partial charge on any atom is 0.324 e. The molecule has 0 aromatic heterocycles. The Bertz CT molecular complexity index is 883. The predicted molar refractivity (Wildman–Crippen MR) is 110 cm³/mol. The third-order valence-electron chi connectivity index (χ3n) is 4.83. The first-order valence-corrected chi connectivity index (χ1v) is 11.6. The van der Waals surface area contributed by atoms with Crippen LogP contribution in [0.4, 0.5) is 4.39 Å². The van der Waals surface area contributed by atoms with E-state index < -0.39 is 51.2 Å². The van der Waals surface area contributed by atoms with Gasteiger partial charge in [-0.25, -0.2) is 12.8 Å². The number of hydrogen-bond donors (Lipinski definition) is 2. The van der Waals surface area contributed by atoms with Crippen LogP contribution in [0.1, 0.15) is 46.0 Å². The van der Waals surface area contributed by atoms with Crippen LogP contribution in [-0.2, 0) is 24.3 Å². The molecule has 0 bridgehead atoms. The highest BCUT2D eigenvalue weighted by Gasteiger charge is 2.31. The van der Waals surface area contributed by atoms with Crippen molar-refractivity contribution in [2.45, 2.75) is 56.9 Å². The van der Waals surface area contributed by atoms with E-state index in [1.54, 1.807) is 13.8 Å². The molecule has 0 heterocycles. The summed E-state index contributed by atoms with van der Waals surface area (Å²) in [5, 5.41) is 2.69. The molecule has 0 aliphatic heterocycles. The minimum atomic E-state index is -4.28. The monoisotopic (exact) mass is 440 g/mol. The number of allylic oxidation sites excluding steroid dienone is 1. The fraction of sp³-hybridized carbons (Fsp3) is 0.524. The zero-order valence-corrected chi connectivity index (χ0v) is 18.1. The van der Waals surface area contributed by atoms with Gasteiger partial charge < -0.3 is 10.1 Å². The number of benzene rings is 1. The van der Waals surface area contributed by atoms with E-state index in [0.29, 0.717) is 6.54 Å². The van der Waals surface area contributed by atoms with Crippen molar-refractivity contribution in [1.82, 2.24) is 10.0 Å². The van der Waals surface area contributed by atoms with Crippen molar-refractivity contribution < 1.29 is 27.1 Å². The van der Waals surface area contributed by atoms with Crippen LogP contribution in [0.25, 0.3) is 0 Å². The highest BCUT2D eigenvalue weighted by molar-refractivity contribution is 7.89. The van der Waals surface area contributed by atoms with Crippen LogP contribution in [-0.4, -0.2) is 39.5 Å². The summed E-state index contributed by atoms with van der Waals surface area (Å²) < 4.78 is 45.9. The van der Waals surface area contributed by atoms with Crippen LogP contribution < -0.4 is 10.0 Å². The molecule has 1 aliphatic rings. The first-order valence-electron chi connectivity index (χ1n) is 10.1. The van der Waals surface area contributed by atoms with Crippen LogP contribution in [0, 0.1) is 11.7 Å². The summed E-state index contributed by atoms with van der Waals surface area (Å²) in [7, 11) is -4.28. The Labute approximate surface area is 177 Å². The molecule has 166 valence electrons. The average molecular weight is 441 g/mol. The molecule has 1 aromatic rings. The number of ether oxygens (including phenoxy) is 1. The molecule has 30 heavy (non-hydrogen) atoms. The van der Waals surface area contributed by atoms with Crippen molar-refractivity contribution >= 4 is 21.9 Å². The molecule has 0 saturated carbocycles. The summed E-state index contributed by atoms with van der Waals surface area (Å²) in [6.07, 6.45) is 7.44. The second kappa shape index (κ2) is 11.2. The number of carbonyl (C=O) groups is 2. The average Bonchev–Trinajstić information content (AvgIpc) is 2.71. The van der Waals surface area contributed by atoms with Crippen LogP contribution in [0.3, 0.4) is 0 Å². The highest BCUT2D eigenvalue weighted by Crippen LogP contribution is 2.19. The first kappa shape index (κ1) is 24.0. The lowest BCUT2D eigenvalue weighted by atomic mass is 9.97. The maximum absolute atomic E-state index is 13.9. The summed E-state index contributed by atoms with van der Waals surface area (Å²) in [5.41, 5.74) is 1.32. The van der Waals surface area contributed by atoms with Crippen molar-refractivity contribution in [2.75, 3.05) is 13.2 Å². The van der Waals surface area contributed by atoms with Crippen LogP contribution in [0.15, 0.2) is 40.8 Å². The van der Waals surface area contributed by atoms with Crippen molar-refractivity contribution in [2.24, 2.45) is 5.92 Å². The molecule has 7 nitrogen and oxygen atoms in total. The SMILES string of the molecule is CC(C)C(NS(=O)(=O)c1ccccc1F)C(=O)OCC(=O)NCCC1=CCCCC1. The number of esters is 1. The Morgan fingerprint density at radius 2 is 1.93 bits per heavy atom. The van der Waals surface area contributed by atoms with Crippen molar-refractivity contribution in [3.8, 4) is 0 Å². The van der Waals surface area contributed by atoms with Gasteiger partial charge in [-0.2, -0.15) is 4.72 Å². The number of nitrogens with one attached hydrogen (secondary N) is 2. The van der Waals surface area contributed by atoms with Gasteiger partial charge in [-0.15, -0.1) is 0 Å². The van der Waals surface area contributed by atoms with Crippen molar-refractivity contribution in [1.29, 1.82) is 0 Å². The lowest BCUT2D eigenvalue weighted by Crippen LogP contribution is -2.46. The first-order chi connectivity index (χ1) is 14.2. The quantitative estimate of drug-likeness (QED) is 0.430. The predicted octanol–water partition coefficient (Wildman–Crippen LogP) is 2.68. The van der Waals surface area contributed by atoms with Gasteiger partial charge >= 0.3 is 5.97 Å². The van der Waals surface area contributed by atoms with E-state index in [9.17, 15) is 22.4 Å². The molecule has 1 unspecified atom stereocenters. The van der Waals surface area contributed by atoms with Gasteiger partial charge in [0, 0.05) is 6.54 Å². The van der Waals surface area contributed by atoms with Crippen LogP contribution in [0.5, 0.6) is 0 Å². The Morgan fingerprint density at radius 1 is 1.20 bits per heavy atom. The van der Waals surface area contributed by atoms with Gasteiger partial charge in [0.25, 0.3) is 5.91 Å². The fourth-order valence-electron chi connectivity index (χ4n) is 3.12. The van der Waals surface area contributed by atoms with E-state index in [0.717, 1.165) is 37.8 Å². The molecule has 1 amide bonds. The summed E-state index contributed by atoms with van der Waals surface area (Å²) >= 11 is 0. The molecule has 2 N–H and O–H groups in total. The summed E-state index contributed by atoms with van der Waals surface area (Å²) in [5.74, 6) is -2.75. The smallest absolute Gasteiger partial charge is 0.324 e. The number of amides is 1. The molecule has 1 aromatic carbocycles. The second-order valence-corrected chi connectivity index (χ2v) is 9.27. The molecule has 1 aliphatic carbocycles. The Hall–Kier alpha value is -2.26. The molecule has 1 atom stereocenters. The molecular formula is C21H29FN2O5S. The van der Waals surface area contributed by atoms with E-state index >= 15 is 0 Å². The molecule has 0 spiro atoms. The number of hydrogen-bond acceptors (Lipinski definition) is 5. The van der Waals surface area contributed by atoms with Crippen molar-refractivity contribution in [3.05, 3.63) is 41.7 Å². The minimum absolute atomic E-state index is 0.454. The highest BCUT2D eigenvalue weighted by atomic mass is 32.2. The maximum atomic E-state index is 13.9. The third-order valence-corrected chi connectivity index (χ3v) is 6.30. The second-order valence-electron chi connectivity index (χ2n) is 7.59. The topological polar surface area (TPSA) is 102 Å². The Morgan fingerprint density at radius 3 is 2.57 bits per heavy atom. The minimum Gasteiger partial charge on any atom is -0.454 e. The Kier molecular flexibility index (Phi) is 8.98. The normalized spacial score (nSPS) is 15.4. The van der Waals surface area contributed by atoms with Crippen LogP contribution in [0.2, 0.25) is 0 Å². The van der Waals surface area contributed by atoms with Gasteiger partial charge in [0.1, 0.15) is 16.8 Å². The summed E-state index contributed by atoms with van der Waals surface area (Å²) in [6.45, 7) is 3.18. The van der Waals surface area contributed by atoms with Gasteiger partial charge in [-0.1, -0.05) is 37.6 Å². The van der Waals surface area contributed by atoms with Gasteiger partial charge in [-0.05, 0) is 50.2 Å². The Balaban J connectivity index is 1.87. The molecule has 9 heteroatoms. The fourth-order valence-corrected chi connectivity index (χ4v) is 4.53. The van der Waals surface area contributed by atoms with Crippen LogP contribution >= 0.6 is 0 Å². The van der Waals surface area contributed by atoms with Gasteiger partial charge in [0.2, 0.25) is 10.0 Å². The van der Waals surface area contributed by atoms with E-state index in [2.05, 4.69) is 16.1 Å². The largest absolute Gasteiger partial charge is 0.454 e. The molecule has 0 fully saturated rings. The standard InChI is InChI=1S/C21H29FN2O5S/c1-15(2)20(24-30(27,28)18-11-7-6-10-17(18)22)21(26)29-14-19(25)23-13-12-16-8-4-3-5-9-16/h6-8,10-11,15,20,24H,3-5,9,12-14H2,1-2H3,(H,23,25). The summed E-state index contributed by atoms with van der Waals surface area (Å²) in [4.78, 5) is 23.8. The van der Waals surface area contributed by atoms with Gasteiger partial charge in [0.15, 0.2) is 6.61 Å². The molecule has 0 saturated heterocycles. The number of sulfonamides is 1. The van der Waals surface area contributed by atoms with E-state index in [1.807, 2.05) is 0 Å². The van der Waals surface area contributed by atoms with Gasteiger partial charge in [0.05, 0.1) is 0 Å². The zero-order chi connectivity index (χ0) is 22.1. The van der Waals surface area contributed by atoms with Crippen molar-refractivity contribution in [3.63, 3.8) is 0 Å². The number of halogens is 1. The van der Waals surface area contributed by atoms with E-state index in [1.165, 1.54) is 24.1 Å². The molecule has 2 rings (SSSR count). The lowest BCUT2D eigenvalue weighted by molar-refractivity contribution is -0.151. The van der Waals surface area contributed by atoms with E-state index in [-0.39, 0.29) is 0 Å². The van der Waals surface area contributed by atoms with E-state index in [4.69, 9.17) is 4.74 Å². The number of rotatable bonds is 10.